The number of aliphatic hydroxyl groups is 1. The highest BCUT2D eigenvalue weighted by atomic mass is 19.4. The van der Waals surface area contributed by atoms with Gasteiger partial charge in [-0.2, -0.15) is 0 Å². The van der Waals surface area contributed by atoms with Crippen molar-refractivity contribution in [2.24, 2.45) is 5.41 Å². The van der Waals surface area contributed by atoms with Gasteiger partial charge in [0.2, 0.25) is 0 Å². The monoisotopic (exact) mass is 465 g/mol. The highest BCUT2D eigenvalue weighted by Gasteiger charge is 2.31. The molecule has 33 heavy (non-hydrogen) atoms. The molecule has 0 saturated carbocycles. The molecule has 10 heteroatoms. The number of amides is 1. The number of aromatic nitrogens is 1. The van der Waals surface area contributed by atoms with Gasteiger partial charge in [0.15, 0.2) is 0 Å². The average Bonchev–Trinajstić information content (AvgIpc) is 3.08. The van der Waals surface area contributed by atoms with Crippen LogP contribution in [0.4, 0.5) is 18.9 Å². The molecule has 0 radical (unpaired) electrons. The molecule has 3 rings (SSSR count). The molecule has 1 aromatic heterocycles. The molecule has 0 aliphatic carbocycles. The van der Waals surface area contributed by atoms with E-state index in [1.807, 2.05) is 0 Å². The van der Waals surface area contributed by atoms with Crippen molar-refractivity contribution in [1.29, 1.82) is 0 Å². The van der Waals surface area contributed by atoms with Crippen LogP contribution in [0, 0.1) is 5.41 Å². The van der Waals surface area contributed by atoms with Crippen molar-refractivity contribution in [2.75, 3.05) is 26.0 Å². The Morgan fingerprint density at radius 2 is 1.88 bits per heavy atom. The number of nitrogens with one attached hydrogen (secondary N) is 1. The highest BCUT2D eigenvalue weighted by Crippen LogP contribution is 2.31. The summed E-state index contributed by atoms with van der Waals surface area (Å²) in [5.41, 5.74) is 7.21. The maximum atomic E-state index is 13.0. The summed E-state index contributed by atoms with van der Waals surface area (Å²) in [4.78, 5) is 13.0. The lowest BCUT2D eigenvalue weighted by Crippen LogP contribution is -2.36. The van der Waals surface area contributed by atoms with Crippen molar-refractivity contribution < 1.29 is 32.5 Å². The largest absolute Gasteiger partial charge is 0.573 e. The summed E-state index contributed by atoms with van der Waals surface area (Å²) in [6, 6.07) is 10.6. The SMILES string of the molecule is COc1ccc(OC(F)(F)F)cc1Cn1c(C(=O)NCC(C)(C)CO)cc2cc(N)ccc21. The van der Waals surface area contributed by atoms with Crippen LogP contribution in [0.25, 0.3) is 10.9 Å². The van der Waals surface area contributed by atoms with E-state index in [0.717, 1.165) is 6.07 Å². The molecule has 0 aliphatic heterocycles. The number of methoxy groups -OCH3 is 1. The number of ether oxygens (including phenoxy) is 2. The molecule has 0 spiro atoms. The van der Waals surface area contributed by atoms with Crippen molar-refractivity contribution in [2.45, 2.75) is 26.8 Å². The predicted molar refractivity (Wildman–Crippen MR) is 118 cm³/mol. The third-order valence-electron chi connectivity index (χ3n) is 5.13. The maximum absolute atomic E-state index is 13.0. The van der Waals surface area contributed by atoms with E-state index in [9.17, 15) is 23.1 Å². The summed E-state index contributed by atoms with van der Waals surface area (Å²) in [7, 11) is 1.40. The second-order valence-electron chi connectivity index (χ2n) is 8.46. The van der Waals surface area contributed by atoms with Gasteiger partial charge in [-0.05, 0) is 42.5 Å². The first-order chi connectivity index (χ1) is 15.4. The third-order valence-corrected chi connectivity index (χ3v) is 5.13. The molecule has 3 aromatic rings. The van der Waals surface area contributed by atoms with E-state index in [0.29, 0.717) is 27.9 Å². The second kappa shape index (κ2) is 9.22. The minimum absolute atomic E-state index is 0.0395. The van der Waals surface area contributed by atoms with E-state index in [1.165, 1.54) is 19.2 Å². The van der Waals surface area contributed by atoms with Crippen LogP contribution in [0.3, 0.4) is 0 Å². The number of fused-ring (bicyclic) bond motifs is 1. The van der Waals surface area contributed by atoms with Crippen molar-refractivity contribution in [3.63, 3.8) is 0 Å². The summed E-state index contributed by atoms with van der Waals surface area (Å²) in [6.07, 6.45) is -4.84. The zero-order valence-corrected chi connectivity index (χ0v) is 18.5. The number of halogens is 3. The Kier molecular flexibility index (Phi) is 6.78. The topological polar surface area (TPSA) is 98.7 Å². The number of anilines is 1. The van der Waals surface area contributed by atoms with Crippen LogP contribution in [0.1, 0.15) is 29.9 Å². The van der Waals surface area contributed by atoms with E-state index in [-0.39, 0.29) is 25.4 Å². The van der Waals surface area contributed by atoms with Crippen LogP contribution in [0.2, 0.25) is 0 Å². The first kappa shape index (κ1) is 24.2. The number of nitrogens with two attached hydrogens (primary N) is 1. The van der Waals surface area contributed by atoms with Gasteiger partial charge < -0.3 is 30.2 Å². The number of nitrogens with zero attached hydrogens (tertiary/aromatic N) is 1. The lowest BCUT2D eigenvalue weighted by molar-refractivity contribution is -0.274. The number of carbonyl (C=O) groups is 1. The van der Waals surface area contributed by atoms with Gasteiger partial charge in [-0.15, -0.1) is 13.2 Å². The molecule has 2 aromatic carbocycles. The summed E-state index contributed by atoms with van der Waals surface area (Å²) in [6.45, 7) is 3.76. The molecule has 1 amide bonds. The van der Waals surface area contributed by atoms with Gasteiger partial charge in [-0.3, -0.25) is 4.79 Å². The molecule has 0 unspecified atom stereocenters. The minimum atomic E-state index is -4.84. The predicted octanol–water partition coefficient (Wildman–Crippen LogP) is 3.93. The van der Waals surface area contributed by atoms with E-state index >= 15 is 0 Å². The van der Waals surface area contributed by atoms with Crippen LogP contribution in [-0.2, 0) is 6.54 Å². The number of benzene rings is 2. The Hall–Kier alpha value is -3.40. The molecular weight excluding hydrogens is 439 g/mol. The molecule has 0 bridgehead atoms. The van der Waals surface area contributed by atoms with Gasteiger partial charge in [0, 0.05) is 40.7 Å². The Labute approximate surface area is 188 Å². The van der Waals surface area contributed by atoms with E-state index in [1.54, 1.807) is 42.7 Å². The second-order valence-corrected chi connectivity index (χ2v) is 8.46. The minimum Gasteiger partial charge on any atom is -0.496 e. The molecule has 178 valence electrons. The van der Waals surface area contributed by atoms with Crippen LogP contribution in [0.15, 0.2) is 42.5 Å². The third kappa shape index (κ3) is 5.89. The number of alkyl halides is 3. The molecule has 7 nitrogen and oxygen atoms in total. The van der Waals surface area contributed by atoms with Crippen molar-refractivity contribution >= 4 is 22.5 Å². The molecular formula is C23H26F3N3O4. The van der Waals surface area contributed by atoms with Crippen molar-refractivity contribution in [1.82, 2.24) is 9.88 Å². The van der Waals surface area contributed by atoms with E-state index < -0.39 is 23.4 Å². The first-order valence-electron chi connectivity index (χ1n) is 10.1. The molecule has 1 heterocycles. The summed E-state index contributed by atoms with van der Waals surface area (Å²) in [5, 5.41) is 13.0. The fourth-order valence-corrected chi connectivity index (χ4v) is 3.36. The van der Waals surface area contributed by atoms with E-state index in [2.05, 4.69) is 10.1 Å². The lowest BCUT2D eigenvalue weighted by Gasteiger charge is -2.22. The van der Waals surface area contributed by atoms with Crippen LogP contribution in [0.5, 0.6) is 11.5 Å². The van der Waals surface area contributed by atoms with Crippen molar-refractivity contribution in [3.05, 3.63) is 53.7 Å². The number of aliphatic hydroxyl groups excluding tert-OH is 1. The zero-order valence-electron chi connectivity index (χ0n) is 18.5. The van der Waals surface area contributed by atoms with Gasteiger partial charge in [0.1, 0.15) is 17.2 Å². The number of carbonyl (C=O) groups excluding carboxylic acids is 1. The number of hydrogen-bond donors (Lipinski definition) is 3. The van der Waals surface area contributed by atoms with Crippen LogP contribution < -0.4 is 20.5 Å². The Morgan fingerprint density at radius 1 is 1.15 bits per heavy atom. The average molecular weight is 465 g/mol. The van der Waals surface area contributed by atoms with Crippen molar-refractivity contribution in [3.8, 4) is 11.5 Å². The first-order valence-corrected chi connectivity index (χ1v) is 10.1. The van der Waals surface area contributed by atoms with E-state index in [4.69, 9.17) is 10.5 Å². The zero-order chi connectivity index (χ0) is 24.4. The molecule has 4 N–H and O–H groups in total. The van der Waals surface area contributed by atoms with Gasteiger partial charge in [0.05, 0.1) is 13.7 Å². The van der Waals surface area contributed by atoms with Gasteiger partial charge in [0.25, 0.3) is 5.91 Å². The standard InChI is InChI=1S/C23H26F3N3O4/c1-22(2,13-30)12-28-21(31)19-10-14-8-16(27)4-6-18(14)29(19)11-15-9-17(33-23(24,25)26)5-7-20(15)32-3/h4-10,30H,11-13,27H2,1-3H3,(H,28,31). The molecule has 0 aliphatic rings. The fraction of sp³-hybridized carbons (Fsp3) is 0.348. The van der Waals surface area contributed by atoms with Crippen LogP contribution >= 0.6 is 0 Å². The summed E-state index contributed by atoms with van der Waals surface area (Å²) >= 11 is 0. The molecule has 0 atom stereocenters. The summed E-state index contributed by atoms with van der Waals surface area (Å²) in [5.74, 6) is -0.447. The van der Waals surface area contributed by atoms with Gasteiger partial charge in [-0.25, -0.2) is 0 Å². The highest BCUT2D eigenvalue weighted by molar-refractivity contribution is 5.99. The van der Waals surface area contributed by atoms with Crippen LogP contribution in [-0.4, -0.2) is 42.2 Å². The lowest BCUT2D eigenvalue weighted by atomic mass is 9.95. The molecule has 0 saturated heterocycles. The Bertz CT molecular complexity index is 1160. The smallest absolute Gasteiger partial charge is 0.496 e. The molecule has 0 fully saturated rings. The maximum Gasteiger partial charge on any atom is 0.573 e. The van der Waals surface area contributed by atoms with Gasteiger partial charge >= 0.3 is 6.36 Å². The Balaban J connectivity index is 2.04. The number of rotatable bonds is 8. The Morgan fingerprint density at radius 3 is 2.52 bits per heavy atom. The fourth-order valence-electron chi connectivity index (χ4n) is 3.36. The number of nitrogen functional groups attached to an aromatic ring is 1. The summed E-state index contributed by atoms with van der Waals surface area (Å²) < 4.78 is 49.2. The van der Waals surface area contributed by atoms with Gasteiger partial charge in [-0.1, -0.05) is 13.8 Å². The quantitative estimate of drug-likeness (QED) is 0.438. The normalized spacial score (nSPS) is 12.1. The number of hydrogen-bond acceptors (Lipinski definition) is 5.